The van der Waals surface area contributed by atoms with Gasteiger partial charge in [0.15, 0.2) is 0 Å². The van der Waals surface area contributed by atoms with Gasteiger partial charge in [-0.1, -0.05) is 0 Å². The molecule has 0 fully saturated rings. The lowest BCUT2D eigenvalue weighted by atomic mass is 10.8. The van der Waals surface area contributed by atoms with Crippen molar-refractivity contribution in [2.75, 3.05) is 6.26 Å². The van der Waals surface area contributed by atoms with Crippen LogP contribution < -0.4 is 5.73 Å². The Balaban J connectivity index is 3.14. The molecule has 2 nitrogen and oxygen atoms in total. The molecule has 0 aliphatic carbocycles. The Labute approximate surface area is 42.0 Å². The van der Waals surface area contributed by atoms with Crippen LogP contribution >= 0.6 is 11.9 Å². The van der Waals surface area contributed by atoms with Gasteiger partial charge < -0.3 is 5.73 Å². The quantitative estimate of drug-likeness (QED) is 0.301. The molecule has 0 spiro atoms. The van der Waals surface area contributed by atoms with Crippen LogP contribution in [0.4, 0.5) is 0 Å². The van der Waals surface area contributed by atoms with Gasteiger partial charge in [-0.15, -0.1) is 0 Å². The molecular weight excluding hydrogens is 96.1 g/mol. The van der Waals surface area contributed by atoms with Gasteiger partial charge >= 0.3 is 0 Å². The Hall–Kier alpha value is -0.180. The van der Waals surface area contributed by atoms with E-state index in [9.17, 15) is 0 Å². The minimum Gasteiger partial charge on any atom is -0.387 e. The first-order chi connectivity index (χ1) is 2.77. The summed E-state index contributed by atoms with van der Waals surface area (Å²) >= 11 is 1.37. The van der Waals surface area contributed by atoms with Crippen LogP contribution in [0.1, 0.15) is 6.92 Å². The fraction of sp³-hybridized carbons (Fsp3) is 0.667. The highest BCUT2D eigenvalue weighted by Gasteiger charge is 1.69. The molecule has 2 N–H and O–H groups in total. The molecule has 0 aromatic carbocycles. The van der Waals surface area contributed by atoms with Crippen LogP contribution in [0, 0.1) is 0 Å². The first-order valence-electron chi connectivity index (χ1n) is 1.60. The van der Waals surface area contributed by atoms with E-state index in [1.54, 1.807) is 6.92 Å². The molecule has 0 radical (unpaired) electrons. The van der Waals surface area contributed by atoms with Crippen molar-refractivity contribution >= 4 is 17.8 Å². The van der Waals surface area contributed by atoms with E-state index in [-0.39, 0.29) is 0 Å². The lowest BCUT2D eigenvalue weighted by Crippen LogP contribution is -2.02. The minimum absolute atomic E-state index is 0.627. The minimum atomic E-state index is 0.627. The van der Waals surface area contributed by atoms with E-state index in [0.717, 1.165) is 0 Å². The lowest BCUT2D eigenvalue weighted by Gasteiger charge is -1.80. The molecule has 0 saturated heterocycles. The Bertz CT molecular complexity index is 55.8. The smallest absolute Gasteiger partial charge is 0.104 e. The van der Waals surface area contributed by atoms with E-state index in [1.165, 1.54) is 11.9 Å². The monoisotopic (exact) mass is 104 g/mol. The van der Waals surface area contributed by atoms with Crippen molar-refractivity contribution in [2.45, 2.75) is 6.92 Å². The summed E-state index contributed by atoms with van der Waals surface area (Å²) < 4.78 is 3.74. The van der Waals surface area contributed by atoms with E-state index in [1.807, 2.05) is 6.26 Å². The normalized spacial score (nSPS) is 12.0. The highest BCUT2D eigenvalue weighted by Crippen LogP contribution is 1.89. The average molecular weight is 104 g/mol. The van der Waals surface area contributed by atoms with Gasteiger partial charge in [0.2, 0.25) is 0 Å². The van der Waals surface area contributed by atoms with Crippen LogP contribution in [-0.2, 0) is 0 Å². The first-order valence-corrected chi connectivity index (χ1v) is 2.78. The van der Waals surface area contributed by atoms with Gasteiger partial charge in [-0.05, 0) is 18.9 Å². The lowest BCUT2D eigenvalue weighted by molar-refractivity contribution is 1.60. The second-order valence-corrected chi connectivity index (χ2v) is 1.46. The molecule has 36 valence electrons. The van der Waals surface area contributed by atoms with Crippen LogP contribution in [0.2, 0.25) is 0 Å². The summed E-state index contributed by atoms with van der Waals surface area (Å²) in [6.07, 6.45) is 1.87. The first kappa shape index (κ1) is 5.82. The molecule has 0 aliphatic rings. The predicted molar refractivity (Wildman–Crippen MR) is 30.8 cm³/mol. The molecule has 0 unspecified atom stereocenters. The molecule has 0 amide bonds. The zero-order valence-corrected chi connectivity index (χ0v) is 4.75. The summed E-state index contributed by atoms with van der Waals surface area (Å²) in [6.45, 7) is 1.76. The van der Waals surface area contributed by atoms with Gasteiger partial charge in [-0.2, -0.15) is 0 Å². The fourth-order valence-corrected chi connectivity index (χ4v) is 0.432. The molecule has 6 heavy (non-hydrogen) atoms. The average Bonchev–Trinajstić information content (AvgIpc) is 1.35. The maximum absolute atomic E-state index is 5.13. The maximum atomic E-state index is 5.13. The van der Waals surface area contributed by atoms with Gasteiger partial charge in [-0.25, -0.2) is 4.40 Å². The van der Waals surface area contributed by atoms with Gasteiger partial charge in [0.25, 0.3) is 0 Å². The number of hydrogen-bond donors (Lipinski definition) is 1. The predicted octanol–water partition coefficient (Wildman–Crippen LogP) is 0.642. The third-order valence-electron chi connectivity index (χ3n) is 0.235. The number of nitrogens with two attached hydrogens (primary N) is 1. The second-order valence-electron chi connectivity index (χ2n) is 0.915. The number of hydrogen-bond acceptors (Lipinski definition) is 2. The van der Waals surface area contributed by atoms with Crippen molar-refractivity contribution in [2.24, 2.45) is 10.1 Å². The van der Waals surface area contributed by atoms with Crippen molar-refractivity contribution in [3.63, 3.8) is 0 Å². The van der Waals surface area contributed by atoms with Crippen molar-refractivity contribution in [3.05, 3.63) is 0 Å². The van der Waals surface area contributed by atoms with Gasteiger partial charge in [-0.3, -0.25) is 0 Å². The molecule has 0 aromatic rings. The van der Waals surface area contributed by atoms with E-state index in [0.29, 0.717) is 5.84 Å². The molecular formula is C3H8N2S. The van der Waals surface area contributed by atoms with Crippen LogP contribution in [-0.4, -0.2) is 12.1 Å². The zero-order chi connectivity index (χ0) is 4.99. The summed E-state index contributed by atoms with van der Waals surface area (Å²) in [5.74, 6) is 0.627. The SMILES string of the molecule is CS/N=C(/C)N. The summed E-state index contributed by atoms with van der Waals surface area (Å²) in [7, 11) is 0. The van der Waals surface area contributed by atoms with Crippen molar-refractivity contribution in [3.8, 4) is 0 Å². The highest BCUT2D eigenvalue weighted by atomic mass is 32.2. The van der Waals surface area contributed by atoms with E-state index >= 15 is 0 Å². The van der Waals surface area contributed by atoms with Crippen molar-refractivity contribution in [1.29, 1.82) is 0 Å². The largest absolute Gasteiger partial charge is 0.387 e. The second kappa shape index (κ2) is 3.03. The molecule has 0 atom stereocenters. The van der Waals surface area contributed by atoms with Crippen LogP contribution in [0.15, 0.2) is 4.40 Å². The molecule has 0 heterocycles. The van der Waals surface area contributed by atoms with E-state index < -0.39 is 0 Å². The Morgan fingerprint density at radius 1 is 1.83 bits per heavy atom. The molecule has 0 aliphatic heterocycles. The van der Waals surface area contributed by atoms with Crippen LogP contribution in [0.5, 0.6) is 0 Å². The zero-order valence-electron chi connectivity index (χ0n) is 3.93. The van der Waals surface area contributed by atoms with Crippen LogP contribution in [0.25, 0.3) is 0 Å². The van der Waals surface area contributed by atoms with Crippen LogP contribution in [0.3, 0.4) is 0 Å². The molecule has 0 saturated carbocycles. The Morgan fingerprint density at radius 3 is 2.33 bits per heavy atom. The summed E-state index contributed by atoms with van der Waals surface area (Å²) in [5, 5.41) is 0. The van der Waals surface area contributed by atoms with Crippen molar-refractivity contribution in [1.82, 2.24) is 0 Å². The summed E-state index contributed by atoms with van der Waals surface area (Å²) in [4.78, 5) is 0. The number of rotatable bonds is 1. The molecule has 0 bridgehead atoms. The third kappa shape index (κ3) is 3.82. The fourth-order valence-electron chi connectivity index (χ4n) is 0.144. The Kier molecular flexibility index (Phi) is 2.94. The number of amidine groups is 1. The Morgan fingerprint density at radius 2 is 2.33 bits per heavy atom. The summed E-state index contributed by atoms with van der Waals surface area (Å²) in [5.41, 5.74) is 5.13. The van der Waals surface area contributed by atoms with E-state index in [4.69, 9.17) is 5.73 Å². The molecule has 3 heteroatoms. The van der Waals surface area contributed by atoms with E-state index in [2.05, 4.69) is 4.40 Å². The van der Waals surface area contributed by atoms with Gasteiger partial charge in [0.1, 0.15) is 5.84 Å². The summed E-state index contributed by atoms with van der Waals surface area (Å²) in [6, 6.07) is 0. The number of nitrogens with zero attached hydrogens (tertiary/aromatic N) is 1. The standard InChI is InChI=1S/C3H8N2S/c1-3(4)5-6-2/h1-2H3,(H2,4,5). The molecule has 0 aromatic heterocycles. The van der Waals surface area contributed by atoms with Gasteiger partial charge in [0.05, 0.1) is 0 Å². The maximum Gasteiger partial charge on any atom is 0.104 e. The topological polar surface area (TPSA) is 38.4 Å². The van der Waals surface area contributed by atoms with Gasteiger partial charge in [0, 0.05) is 6.26 Å². The molecule has 0 rings (SSSR count). The van der Waals surface area contributed by atoms with Crippen molar-refractivity contribution < 1.29 is 0 Å². The highest BCUT2D eigenvalue weighted by molar-refractivity contribution is 7.97. The third-order valence-corrected chi connectivity index (χ3v) is 0.706.